The average molecular weight is 399 g/mol. The van der Waals surface area contributed by atoms with Crippen LogP contribution in [0.3, 0.4) is 0 Å². The lowest BCUT2D eigenvalue weighted by Gasteiger charge is -2.19. The molecule has 3 aromatic rings. The van der Waals surface area contributed by atoms with Gasteiger partial charge in [-0.1, -0.05) is 75.4 Å². The highest BCUT2D eigenvalue weighted by molar-refractivity contribution is 7.98. The molecule has 146 valence electrons. The molecule has 1 aliphatic rings. The molecule has 3 heteroatoms. The molecule has 0 atom stereocenters. The molecule has 29 heavy (non-hydrogen) atoms. The summed E-state index contributed by atoms with van der Waals surface area (Å²) in [4.78, 5) is 5.00. The van der Waals surface area contributed by atoms with Crippen LogP contribution in [0, 0.1) is 11.3 Å². The molecular formula is C26H26N2S. The molecule has 0 radical (unpaired) electrons. The first-order chi connectivity index (χ1) is 14.0. The second-order valence-electron chi connectivity index (χ2n) is 8.66. The minimum atomic E-state index is 0.159. The third-order valence-corrected chi connectivity index (χ3v) is 6.63. The fourth-order valence-electron chi connectivity index (χ4n) is 3.94. The quantitative estimate of drug-likeness (QED) is 0.459. The van der Waals surface area contributed by atoms with Gasteiger partial charge in [0.2, 0.25) is 0 Å². The number of aromatic nitrogens is 1. The van der Waals surface area contributed by atoms with Gasteiger partial charge >= 0.3 is 0 Å². The van der Waals surface area contributed by atoms with E-state index in [-0.39, 0.29) is 5.41 Å². The number of benzene rings is 2. The van der Waals surface area contributed by atoms with Crippen molar-refractivity contribution in [2.24, 2.45) is 0 Å². The molecule has 1 aromatic heterocycles. The highest BCUT2D eigenvalue weighted by atomic mass is 32.2. The predicted molar refractivity (Wildman–Crippen MR) is 121 cm³/mol. The van der Waals surface area contributed by atoms with Crippen LogP contribution in [-0.2, 0) is 24.0 Å². The number of hydrogen-bond acceptors (Lipinski definition) is 3. The minimum absolute atomic E-state index is 0.159. The Bertz CT molecular complexity index is 1060. The Kier molecular flexibility index (Phi) is 5.48. The Morgan fingerprint density at radius 2 is 1.66 bits per heavy atom. The van der Waals surface area contributed by atoms with Crippen LogP contribution in [0.15, 0.2) is 59.6 Å². The fourth-order valence-corrected chi connectivity index (χ4v) is 4.91. The Labute approximate surface area is 178 Å². The maximum Gasteiger partial charge on any atom is 0.115 e. The van der Waals surface area contributed by atoms with Crippen molar-refractivity contribution in [2.45, 2.75) is 56.2 Å². The van der Waals surface area contributed by atoms with E-state index in [1.54, 1.807) is 11.8 Å². The molecular weight excluding hydrogens is 372 g/mol. The zero-order valence-corrected chi connectivity index (χ0v) is 18.1. The molecule has 2 nitrogen and oxygen atoms in total. The van der Waals surface area contributed by atoms with Gasteiger partial charge in [-0.2, -0.15) is 5.26 Å². The number of fused-ring (bicyclic) bond motifs is 1. The van der Waals surface area contributed by atoms with Gasteiger partial charge in [0, 0.05) is 11.3 Å². The van der Waals surface area contributed by atoms with E-state index < -0.39 is 0 Å². The molecule has 0 bridgehead atoms. The molecule has 2 aromatic carbocycles. The lowest BCUT2D eigenvalue weighted by atomic mass is 9.87. The van der Waals surface area contributed by atoms with Gasteiger partial charge in [-0.05, 0) is 46.9 Å². The predicted octanol–water partition coefficient (Wildman–Crippen LogP) is 6.70. The van der Waals surface area contributed by atoms with Gasteiger partial charge < -0.3 is 0 Å². The van der Waals surface area contributed by atoms with Gasteiger partial charge in [-0.15, -0.1) is 11.8 Å². The standard InChI is InChI=1S/C26H26N2S/c1-26(2,3)20-14-12-18(13-15-20)17-29-25-23(16-27)21-10-7-11-22(21)24(28-25)19-8-5-4-6-9-19/h4-6,8-9,12-15H,7,10-11,17H2,1-3H3. The minimum Gasteiger partial charge on any atom is -0.240 e. The van der Waals surface area contributed by atoms with E-state index in [0.717, 1.165) is 46.9 Å². The van der Waals surface area contributed by atoms with Gasteiger partial charge in [0.25, 0.3) is 0 Å². The van der Waals surface area contributed by atoms with E-state index in [4.69, 9.17) is 4.98 Å². The van der Waals surface area contributed by atoms with Crippen molar-refractivity contribution < 1.29 is 0 Å². The number of nitrogens with zero attached hydrogens (tertiary/aromatic N) is 2. The number of pyridine rings is 1. The summed E-state index contributed by atoms with van der Waals surface area (Å²) in [7, 11) is 0. The summed E-state index contributed by atoms with van der Waals surface area (Å²) in [6.07, 6.45) is 3.10. The van der Waals surface area contributed by atoms with Gasteiger partial charge in [-0.3, -0.25) is 0 Å². The molecule has 1 aliphatic carbocycles. The number of thioether (sulfide) groups is 1. The summed E-state index contributed by atoms with van der Waals surface area (Å²) < 4.78 is 0. The van der Waals surface area contributed by atoms with Crippen molar-refractivity contribution >= 4 is 11.8 Å². The summed E-state index contributed by atoms with van der Waals surface area (Å²) in [6.45, 7) is 6.70. The highest BCUT2D eigenvalue weighted by Crippen LogP contribution is 2.38. The summed E-state index contributed by atoms with van der Waals surface area (Å²) >= 11 is 1.68. The number of rotatable bonds is 4. The number of nitriles is 1. The lowest BCUT2D eigenvalue weighted by Crippen LogP contribution is -2.10. The Morgan fingerprint density at radius 3 is 2.31 bits per heavy atom. The van der Waals surface area contributed by atoms with Gasteiger partial charge in [0.05, 0.1) is 11.3 Å². The van der Waals surface area contributed by atoms with Crippen molar-refractivity contribution in [1.29, 1.82) is 5.26 Å². The highest BCUT2D eigenvalue weighted by Gasteiger charge is 2.24. The van der Waals surface area contributed by atoms with E-state index in [0.29, 0.717) is 0 Å². The van der Waals surface area contributed by atoms with E-state index in [1.807, 2.05) is 6.07 Å². The Hall–Kier alpha value is -2.57. The molecule has 0 N–H and O–H groups in total. The maximum absolute atomic E-state index is 9.86. The molecule has 0 spiro atoms. The zero-order chi connectivity index (χ0) is 20.4. The third-order valence-electron chi connectivity index (χ3n) is 5.59. The van der Waals surface area contributed by atoms with Crippen LogP contribution >= 0.6 is 11.8 Å². The second-order valence-corrected chi connectivity index (χ2v) is 9.63. The molecule has 0 saturated carbocycles. The Balaban J connectivity index is 1.66. The Morgan fingerprint density at radius 1 is 0.966 bits per heavy atom. The molecule has 1 heterocycles. The van der Waals surface area contributed by atoms with E-state index >= 15 is 0 Å². The normalized spacial score (nSPS) is 13.2. The van der Waals surface area contributed by atoms with Crippen molar-refractivity contribution in [3.05, 3.63) is 82.4 Å². The maximum atomic E-state index is 9.86. The summed E-state index contributed by atoms with van der Waals surface area (Å²) in [5.74, 6) is 0.819. The molecule has 4 rings (SSSR count). The summed E-state index contributed by atoms with van der Waals surface area (Å²) in [5, 5.41) is 10.7. The SMILES string of the molecule is CC(C)(C)c1ccc(CSc2nc(-c3ccccc3)c3c(c2C#N)CCC3)cc1. The average Bonchev–Trinajstić information content (AvgIpc) is 3.21. The van der Waals surface area contributed by atoms with Crippen LogP contribution in [0.1, 0.15) is 55.0 Å². The monoisotopic (exact) mass is 398 g/mol. The van der Waals surface area contributed by atoms with Crippen molar-refractivity contribution in [2.75, 3.05) is 0 Å². The molecule has 0 fully saturated rings. The largest absolute Gasteiger partial charge is 0.240 e. The van der Waals surface area contributed by atoms with E-state index in [1.165, 1.54) is 22.3 Å². The van der Waals surface area contributed by atoms with Crippen molar-refractivity contribution in [3.8, 4) is 17.3 Å². The fraction of sp³-hybridized carbons (Fsp3) is 0.308. The van der Waals surface area contributed by atoms with Gasteiger partial charge in [-0.25, -0.2) is 4.98 Å². The second kappa shape index (κ2) is 8.05. The molecule has 0 saturated heterocycles. The smallest absolute Gasteiger partial charge is 0.115 e. The van der Waals surface area contributed by atoms with Crippen LogP contribution in [0.5, 0.6) is 0 Å². The van der Waals surface area contributed by atoms with Crippen LogP contribution in [-0.4, -0.2) is 4.98 Å². The van der Waals surface area contributed by atoms with Crippen molar-refractivity contribution in [3.63, 3.8) is 0 Å². The van der Waals surface area contributed by atoms with E-state index in [2.05, 4.69) is 75.4 Å². The third kappa shape index (κ3) is 4.09. The first-order valence-corrected chi connectivity index (χ1v) is 11.2. The topological polar surface area (TPSA) is 36.7 Å². The molecule has 0 amide bonds. The number of hydrogen-bond donors (Lipinski definition) is 0. The van der Waals surface area contributed by atoms with Gasteiger partial charge in [0.1, 0.15) is 11.1 Å². The first-order valence-electron chi connectivity index (χ1n) is 10.2. The molecule has 0 aliphatic heterocycles. The lowest BCUT2D eigenvalue weighted by molar-refractivity contribution is 0.590. The summed E-state index contributed by atoms with van der Waals surface area (Å²) in [6, 6.07) is 21.7. The van der Waals surface area contributed by atoms with Crippen LogP contribution < -0.4 is 0 Å². The van der Waals surface area contributed by atoms with Crippen LogP contribution in [0.2, 0.25) is 0 Å². The summed E-state index contributed by atoms with van der Waals surface area (Å²) in [5.41, 5.74) is 8.23. The zero-order valence-electron chi connectivity index (χ0n) is 17.3. The van der Waals surface area contributed by atoms with E-state index in [9.17, 15) is 5.26 Å². The van der Waals surface area contributed by atoms with Crippen LogP contribution in [0.4, 0.5) is 0 Å². The van der Waals surface area contributed by atoms with Crippen molar-refractivity contribution in [1.82, 2.24) is 4.98 Å². The molecule has 0 unspecified atom stereocenters. The first kappa shape index (κ1) is 19.7. The van der Waals surface area contributed by atoms with Gasteiger partial charge in [0.15, 0.2) is 0 Å². The van der Waals surface area contributed by atoms with Crippen LogP contribution in [0.25, 0.3) is 11.3 Å².